The van der Waals surface area contributed by atoms with Crippen molar-refractivity contribution in [2.45, 2.75) is 45.1 Å². The van der Waals surface area contributed by atoms with Crippen molar-refractivity contribution in [3.8, 4) is 0 Å². The van der Waals surface area contributed by atoms with Gasteiger partial charge in [-0.25, -0.2) is 4.39 Å². The largest absolute Gasteiger partial charge is 0.326 e. The minimum Gasteiger partial charge on any atom is -0.326 e. The number of hydrogen-bond donors (Lipinski definition) is 2. The van der Waals surface area contributed by atoms with E-state index in [9.17, 15) is 9.18 Å². The van der Waals surface area contributed by atoms with Crippen molar-refractivity contribution in [1.29, 1.82) is 0 Å². The molecular weight excluding hydrogens is 267 g/mol. The van der Waals surface area contributed by atoms with Gasteiger partial charge in [-0.15, -0.1) is 0 Å². The second-order valence-corrected chi connectivity index (χ2v) is 6.42. The average Bonchev–Trinajstić information content (AvgIpc) is 2.87. The molecular formula is C17H23FN2O. The highest BCUT2D eigenvalue weighted by molar-refractivity contribution is 5.93. The number of fused-ring (bicyclic) bond motifs is 1. The third-order valence-electron chi connectivity index (χ3n) is 5.12. The van der Waals surface area contributed by atoms with Crippen molar-refractivity contribution in [3.05, 3.63) is 29.1 Å². The van der Waals surface area contributed by atoms with Gasteiger partial charge in [-0.3, -0.25) is 4.79 Å². The van der Waals surface area contributed by atoms with Crippen LogP contribution in [-0.2, 0) is 11.2 Å². The molecule has 1 amide bonds. The molecule has 1 aromatic carbocycles. The van der Waals surface area contributed by atoms with E-state index in [1.54, 1.807) is 0 Å². The highest BCUT2D eigenvalue weighted by Crippen LogP contribution is 2.41. The van der Waals surface area contributed by atoms with E-state index in [-0.39, 0.29) is 17.8 Å². The SMILES string of the molecule is CNC(c1cc2c(cc1F)NC(=O)CC2)C1CCCC1C. The number of anilines is 1. The lowest BCUT2D eigenvalue weighted by Gasteiger charge is -2.29. The molecule has 0 spiro atoms. The molecule has 2 aliphatic rings. The molecule has 0 radical (unpaired) electrons. The number of aryl methyl sites for hydroxylation is 1. The number of halogens is 1. The summed E-state index contributed by atoms with van der Waals surface area (Å²) in [5.41, 5.74) is 2.45. The van der Waals surface area contributed by atoms with Gasteiger partial charge < -0.3 is 10.6 Å². The molecule has 0 bridgehead atoms. The fraction of sp³-hybridized carbons (Fsp3) is 0.588. The van der Waals surface area contributed by atoms with Crippen molar-refractivity contribution in [3.63, 3.8) is 0 Å². The van der Waals surface area contributed by atoms with Crippen LogP contribution in [0.1, 0.15) is 49.8 Å². The average molecular weight is 290 g/mol. The van der Waals surface area contributed by atoms with Crippen LogP contribution in [0, 0.1) is 17.7 Å². The number of amides is 1. The Morgan fingerprint density at radius 3 is 2.81 bits per heavy atom. The van der Waals surface area contributed by atoms with E-state index in [2.05, 4.69) is 17.6 Å². The Balaban J connectivity index is 1.95. The Morgan fingerprint density at radius 1 is 1.33 bits per heavy atom. The molecule has 1 aliphatic heterocycles. The molecule has 1 fully saturated rings. The van der Waals surface area contributed by atoms with Gasteiger partial charge in [-0.2, -0.15) is 0 Å². The summed E-state index contributed by atoms with van der Waals surface area (Å²) in [6.07, 6.45) is 4.80. The quantitative estimate of drug-likeness (QED) is 0.895. The summed E-state index contributed by atoms with van der Waals surface area (Å²) in [7, 11) is 1.91. The maximum absolute atomic E-state index is 14.5. The van der Waals surface area contributed by atoms with Crippen LogP contribution in [0.2, 0.25) is 0 Å². The van der Waals surface area contributed by atoms with Gasteiger partial charge >= 0.3 is 0 Å². The smallest absolute Gasteiger partial charge is 0.224 e. The van der Waals surface area contributed by atoms with Gasteiger partial charge in [0.1, 0.15) is 5.82 Å². The first kappa shape index (κ1) is 14.5. The zero-order valence-corrected chi connectivity index (χ0v) is 12.7. The van der Waals surface area contributed by atoms with Gasteiger partial charge in [-0.05, 0) is 49.4 Å². The van der Waals surface area contributed by atoms with Crippen LogP contribution in [-0.4, -0.2) is 13.0 Å². The molecule has 114 valence electrons. The van der Waals surface area contributed by atoms with Crippen LogP contribution in [0.25, 0.3) is 0 Å². The summed E-state index contributed by atoms with van der Waals surface area (Å²) < 4.78 is 14.5. The molecule has 2 N–H and O–H groups in total. The highest BCUT2D eigenvalue weighted by Gasteiger charge is 2.33. The Labute approximate surface area is 125 Å². The van der Waals surface area contributed by atoms with Crippen LogP contribution < -0.4 is 10.6 Å². The molecule has 0 saturated heterocycles. The number of carbonyl (C=O) groups is 1. The molecule has 3 nitrogen and oxygen atoms in total. The zero-order chi connectivity index (χ0) is 15.0. The normalized spacial score (nSPS) is 26.3. The number of nitrogens with one attached hydrogen (secondary N) is 2. The predicted octanol–water partition coefficient (Wildman–Crippen LogP) is 3.41. The van der Waals surface area contributed by atoms with Crippen molar-refractivity contribution in [1.82, 2.24) is 5.32 Å². The Morgan fingerprint density at radius 2 is 2.14 bits per heavy atom. The van der Waals surface area contributed by atoms with Crippen LogP contribution in [0.15, 0.2) is 12.1 Å². The number of hydrogen-bond acceptors (Lipinski definition) is 2. The van der Waals surface area contributed by atoms with E-state index >= 15 is 0 Å². The van der Waals surface area contributed by atoms with E-state index in [1.165, 1.54) is 18.9 Å². The maximum atomic E-state index is 14.5. The summed E-state index contributed by atoms with van der Waals surface area (Å²) in [5.74, 6) is 0.872. The molecule has 21 heavy (non-hydrogen) atoms. The second kappa shape index (κ2) is 5.76. The molecule has 3 atom stereocenters. The summed E-state index contributed by atoms with van der Waals surface area (Å²) >= 11 is 0. The monoisotopic (exact) mass is 290 g/mol. The highest BCUT2D eigenvalue weighted by atomic mass is 19.1. The minimum atomic E-state index is -0.214. The summed E-state index contributed by atoms with van der Waals surface area (Å²) in [6, 6.07) is 3.51. The molecule has 1 saturated carbocycles. The molecule has 3 unspecified atom stereocenters. The van der Waals surface area contributed by atoms with Gasteiger partial charge in [-0.1, -0.05) is 19.8 Å². The first-order valence-corrected chi connectivity index (χ1v) is 7.89. The predicted molar refractivity (Wildman–Crippen MR) is 81.7 cm³/mol. The van der Waals surface area contributed by atoms with Gasteiger partial charge in [0.2, 0.25) is 5.91 Å². The summed E-state index contributed by atoms with van der Waals surface area (Å²) in [6.45, 7) is 2.26. The van der Waals surface area contributed by atoms with Crippen LogP contribution >= 0.6 is 0 Å². The fourth-order valence-corrected chi connectivity index (χ4v) is 3.93. The van der Waals surface area contributed by atoms with E-state index < -0.39 is 0 Å². The third kappa shape index (κ3) is 2.69. The van der Waals surface area contributed by atoms with Crippen LogP contribution in [0.4, 0.5) is 10.1 Å². The Bertz CT molecular complexity index is 558. The van der Waals surface area contributed by atoms with E-state index in [1.807, 2.05) is 13.1 Å². The lowest BCUT2D eigenvalue weighted by molar-refractivity contribution is -0.116. The summed E-state index contributed by atoms with van der Waals surface area (Å²) in [5, 5.41) is 6.08. The first-order chi connectivity index (χ1) is 10.1. The van der Waals surface area contributed by atoms with Crippen LogP contribution in [0.5, 0.6) is 0 Å². The van der Waals surface area contributed by atoms with E-state index in [4.69, 9.17) is 0 Å². The van der Waals surface area contributed by atoms with Crippen molar-refractivity contribution in [2.24, 2.45) is 11.8 Å². The van der Waals surface area contributed by atoms with Crippen molar-refractivity contribution >= 4 is 11.6 Å². The maximum Gasteiger partial charge on any atom is 0.224 e. The standard InChI is InChI=1S/C17H23FN2O/c1-10-4-3-5-12(10)17(19-2)13-8-11-6-7-16(21)20-15(11)9-14(13)18/h8-10,12,17,19H,3-7H2,1-2H3,(H,20,21). The van der Waals surface area contributed by atoms with Crippen molar-refractivity contribution < 1.29 is 9.18 Å². The zero-order valence-electron chi connectivity index (χ0n) is 12.7. The minimum absolute atomic E-state index is 0.0239. The number of carbonyl (C=O) groups excluding carboxylic acids is 1. The molecule has 1 aliphatic carbocycles. The first-order valence-electron chi connectivity index (χ1n) is 7.89. The Kier molecular flexibility index (Phi) is 3.98. The van der Waals surface area contributed by atoms with Gasteiger partial charge in [0.05, 0.1) is 0 Å². The van der Waals surface area contributed by atoms with E-state index in [0.717, 1.165) is 17.5 Å². The lowest BCUT2D eigenvalue weighted by atomic mass is 9.84. The van der Waals surface area contributed by atoms with Crippen molar-refractivity contribution in [2.75, 3.05) is 12.4 Å². The topological polar surface area (TPSA) is 41.1 Å². The number of rotatable bonds is 3. The van der Waals surface area contributed by atoms with Gasteiger partial charge in [0.25, 0.3) is 0 Å². The lowest BCUT2D eigenvalue weighted by Crippen LogP contribution is -2.28. The molecule has 1 aromatic rings. The van der Waals surface area contributed by atoms with Gasteiger partial charge in [0.15, 0.2) is 0 Å². The summed E-state index contributed by atoms with van der Waals surface area (Å²) in [4.78, 5) is 11.4. The Hall–Kier alpha value is -1.42. The van der Waals surface area contributed by atoms with Crippen LogP contribution in [0.3, 0.4) is 0 Å². The molecule has 3 rings (SSSR count). The molecule has 0 aromatic heterocycles. The van der Waals surface area contributed by atoms with Gasteiger partial charge in [0, 0.05) is 23.7 Å². The fourth-order valence-electron chi connectivity index (χ4n) is 3.93. The number of benzene rings is 1. The van der Waals surface area contributed by atoms with E-state index in [0.29, 0.717) is 30.4 Å². The molecule has 4 heteroatoms. The third-order valence-corrected chi connectivity index (χ3v) is 5.12. The molecule has 1 heterocycles. The second-order valence-electron chi connectivity index (χ2n) is 6.42.